The number of carbonyl (C=O) groups is 2. The van der Waals surface area contributed by atoms with Gasteiger partial charge in [0, 0.05) is 10.2 Å². The number of hydrogen-bond donors (Lipinski definition) is 1. The lowest BCUT2D eigenvalue weighted by atomic mass is 10.2. The van der Waals surface area contributed by atoms with Crippen molar-refractivity contribution in [3.63, 3.8) is 0 Å². The number of carbonyl (C=O) groups excluding carboxylic acids is 2. The normalized spacial score (nSPS) is 10.1. The lowest BCUT2D eigenvalue weighted by Crippen LogP contribution is -2.20. The number of rotatable bonds is 4. The fourth-order valence-corrected chi connectivity index (χ4v) is 1.84. The summed E-state index contributed by atoms with van der Waals surface area (Å²) in [6.07, 6.45) is 1.36. The van der Waals surface area contributed by atoms with Crippen molar-refractivity contribution in [2.24, 2.45) is 0 Å². The third kappa shape index (κ3) is 3.71. The topological polar surface area (TPSA) is 68.5 Å². The Morgan fingerprint density at radius 3 is 2.80 bits per heavy atom. The average Bonchev–Trinajstić information content (AvgIpc) is 2.94. The van der Waals surface area contributed by atoms with Crippen molar-refractivity contribution in [2.45, 2.75) is 6.92 Å². The zero-order chi connectivity index (χ0) is 14.5. The van der Waals surface area contributed by atoms with Gasteiger partial charge in [-0.15, -0.1) is 0 Å². The van der Waals surface area contributed by atoms with Gasteiger partial charge in [0.25, 0.3) is 5.91 Å². The Morgan fingerprint density at radius 2 is 2.15 bits per heavy atom. The van der Waals surface area contributed by atoms with Crippen LogP contribution >= 0.6 is 15.9 Å². The number of benzene rings is 1. The fraction of sp³-hybridized carbons (Fsp3) is 0.143. The van der Waals surface area contributed by atoms with Gasteiger partial charge in [-0.2, -0.15) is 0 Å². The smallest absolute Gasteiger partial charge is 0.374 e. The number of halogens is 1. The van der Waals surface area contributed by atoms with Crippen LogP contribution in [0.15, 0.2) is 45.5 Å². The molecule has 20 heavy (non-hydrogen) atoms. The van der Waals surface area contributed by atoms with Gasteiger partial charge in [-0.25, -0.2) is 4.79 Å². The number of nitrogens with one attached hydrogen (secondary N) is 1. The molecular formula is C14H12BrNO4. The van der Waals surface area contributed by atoms with E-state index in [1.54, 1.807) is 18.2 Å². The second-order valence-electron chi connectivity index (χ2n) is 4.07. The molecular weight excluding hydrogens is 326 g/mol. The van der Waals surface area contributed by atoms with Gasteiger partial charge in [-0.3, -0.25) is 4.79 Å². The van der Waals surface area contributed by atoms with E-state index >= 15 is 0 Å². The highest BCUT2D eigenvalue weighted by molar-refractivity contribution is 9.10. The van der Waals surface area contributed by atoms with Crippen LogP contribution in [-0.4, -0.2) is 18.5 Å². The van der Waals surface area contributed by atoms with E-state index in [4.69, 9.17) is 9.15 Å². The minimum Gasteiger partial charge on any atom is -0.457 e. The predicted octanol–water partition coefficient (Wildman–Crippen LogP) is 3.15. The Kier molecular flexibility index (Phi) is 4.57. The third-order valence-corrected chi connectivity index (χ3v) is 3.37. The second-order valence-corrected chi connectivity index (χ2v) is 4.92. The molecule has 5 nitrogen and oxygen atoms in total. The quantitative estimate of drug-likeness (QED) is 0.870. The second kappa shape index (κ2) is 6.38. The molecule has 0 radical (unpaired) electrons. The fourth-order valence-electron chi connectivity index (χ4n) is 1.46. The molecule has 0 spiro atoms. The van der Waals surface area contributed by atoms with Gasteiger partial charge < -0.3 is 14.5 Å². The highest BCUT2D eigenvalue weighted by atomic mass is 79.9. The Bertz CT molecular complexity index is 622. The highest BCUT2D eigenvalue weighted by Gasteiger charge is 2.12. The van der Waals surface area contributed by atoms with Crippen molar-refractivity contribution < 1.29 is 18.7 Å². The maximum absolute atomic E-state index is 11.6. The van der Waals surface area contributed by atoms with E-state index in [1.807, 2.05) is 13.0 Å². The molecule has 1 heterocycles. The minimum absolute atomic E-state index is 0.0656. The number of aryl methyl sites for hydroxylation is 1. The predicted molar refractivity (Wildman–Crippen MR) is 76.5 cm³/mol. The van der Waals surface area contributed by atoms with E-state index < -0.39 is 11.9 Å². The molecule has 0 unspecified atom stereocenters. The van der Waals surface area contributed by atoms with Gasteiger partial charge in [-0.05, 0) is 36.8 Å². The van der Waals surface area contributed by atoms with E-state index in [0.29, 0.717) is 5.69 Å². The summed E-state index contributed by atoms with van der Waals surface area (Å²) in [6.45, 7) is 1.58. The largest absolute Gasteiger partial charge is 0.457 e. The molecule has 0 bridgehead atoms. The first-order valence-electron chi connectivity index (χ1n) is 5.83. The molecule has 0 atom stereocenters. The number of furan rings is 1. The first-order chi connectivity index (χ1) is 9.56. The van der Waals surface area contributed by atoms with Crippen LogP contribution in [0.1, 0.15) is 16.1 Å². The molecule has 2 rings (SSSR count). The molecule has 6 heteroatoms. The maximum Gasteiger partial charge on any atom is 0.374 e. The number of hydrogen-bond acceptors (Lipinski definition) is 4. The summed E-state index contributed by atoms with van der Waals surface area (Å²) in [7, 11) is 0. The third-order valence-electron chi connectivity index (χ3n) is 2.51. The van der Waals surface area contributed by atoms with Gasteiger partial charge in [0.2, 0.25) is 5.76 Å². The van der Waals surface area contributed by atoms with Gasteiger partial charge in [0.1, 0.15) is 0 Å². The van der Waals surface area contributed by atoms with Gasteiger partial charge >= 0.3 is 5.97 Å². The van der Waals surface area contributed by atoms with E-state index in [1.165, 1.54) is 12.3 Å². The van der Waals surface area contributed by atoms with Crippen LogP contribution in [0.25, 0.3) is 0 Å². The van der Waals surface area contributed by atoms with Crippen molar-refractivity contribution in [3.05, 3.63) is 52.4 Å². The SMILES string of the molecule is Cc1ccc(NC(=O)COC(=O)c2ccco2)cc1Br. The van der Waals surface area contributed by atoms with Crippen LogP contribution in [0.2, 0.25) is 0 Å². The lowest BCUT2D eigenvalue weighted by molar-refractivity contribution is -0.119. The molecule has 0 aliphatic rings. The molecule has 0 saturated carbocycles. The summed E-state index contributed by atoms with van der Waals surface area (Å²) < 4.78 is 10.6. The molecule has 1 amide bonds. The minimum atomic E-state index is -0.671. The number of ether oxygens (including phenoxy) is 1. The Morgan fingerprint density at radius 1 is 1.35 bits per heavy atom. The standard InChI is InChI=1S/C14H12BrNO4/c1-9-4-5-10(7-11(9)15)16-13(17)8-20-14(18)12-3-2-6-19-12/h2-7H,8H2,1H3,(H,16,17). The van der Waals surface area contributed by atoms with Crippen molar-refractivity contribution >= 4 is 33.5 Å². The summed E-state index contributed by atoms with van der Waals surface area (Å²) in [6, 6.07) is 8.46. The summed E-state index contributed by atoms with van der Waals surface area (Å²) in [5.74, 6) is -1.02. The first kappa shape index (κ1) is 14.3. The summed E-state index contributed by atoms with van der Waals surface area (Å²) in [5, 5.41) is 2.63. The first-order valence-corrected chi connectivity index (χ1v) is 6.62. The summed E-state index contributed by atoms with van der Waals surface area (Å²) in [5.41, 5.74) is 1.69. The Labute approximate surface area is 124 Å². The van der Waals surface area contributed by atoms with E-state index in [0.717, 1.165) is 10.0 Å². The van der Waals surface area contributed by atoms with Crippen molar-refractivity contribution in [1.29, 1.82) is 0 Å². The molecule has 0 fully saturated rings. The van der Waals surface area contributed by atoms with Crippen molar-refractivity contribution in [1.82, 2.24) is 0 Å². The zero-order valence-electron chi connectivity index (χ0n) is 10.7. The molecule has 0 aliphatic carbocycles. The lowest BCUT2D eigenvalue weighted by Gasteiger charge is -2.07. The summed E-state index contributed by atoms with van der Waals surface area (Å²) in [4.78, 5) is 23.1. The summed E-state index contributed by atoms with van der Waals surface area (Å²) >= 11 is 3.38. The number of amides is 1. The van der Waals surface area contributed by atoms with Crippen LogP contribution in [0.5, 0.6) is 0 Å². The van der Waals surface area contributed by atoms with Crippen LogP contribution in [0.3, 0.4) is 0 Å². The molecule has 0 saturated heterocycles. The Balaban J connectivity index is 1.86. The van der Waals surface area contributed by atoms with Gasteiger partial charge in [0.15, 0.2) is 6.61 Å². The monoisotopic (exact) mass is 337 g/mol. The van der Waals surface area contributed by atoms with Crippen LogP contribution in [-0.2, 0) is 9.53 Å². The molecule has 2 aromatic rings. The van der Waals surface area contributed by atoms with Crippen LogP contribution in [0.4, 0.5) is 5.69 Å². The van der Waals surface area contributed by atoms with Crippen molar-refractivity contribution in [2.75, 3.05) is 11.9 Å². The number of anilines is 1. The maximum atomic E-state index is 11.6. The molecule has 1 aromatic heterocycles. The molecule has 0 aliphatic heterocycles. The van der Waals surface area contributed by atoms with Gasteiger partial charge in [-0.1, -0.05) is 22.0 Å². The van der Waals surface area contributed by atoms with E-state index in [9.17, 15) is 9.59 Å². The van der Waals surface area contributed by atoms with E-state index in [-0.39, 0.29) is 12.4 Å². The van der Waals surface area contributed by atoms with Crippen molar-refractivity contribution in [3.8, 4) is 0 Å². The molecule has 1 aromatic carbocycles. The molecule has 1 N–H and O–H groups in total. The zero-order valence-corrected chi connectivity index (χ0v) is 12.3. The molecule has 104 valence electrons. The number of esters is 1. The average molecular weight is 338 g/mol. The van der Waals surface area contributed by atoms with Gasteiger partial charge in [0.05, 0.1) is 6.26 Å². The Hall–Kier alpha value is -2.08. The van der Waals surface area contributed by atoms with Crippen LogP contribution < -0.4 is 5.32 Å². The van der Waals surface area contributed by atoms with E-state index in [2.05, 4.69) is 21.2 Å². The highest BCUT2D eigenvalue weighted by Crippen LogP contribution is 2.20. The van der Waals surface area contributed by atoms with Crippen LogP contribution in [0, 0.1) is 6.92 Å².